The molecule has 0 radical (unpaired) electrons. The number of aliphatic hydroxyl groups is 1. The van der Waals surface area contributed by atoms with E-state index in [2.05, 4.69) is 10.1 Å². The number of aromatic nitrogens is 2. The molecule has 4 nitrogen and oxygen atoms in total. The van der Waals surface area contributed by atoms with E-state index in [9.17, 15) is 9.50 Å². The van der Waals surface area contributed by atoms with Gasteiger partial charge < -0.3 is 9.63 Å². The molecular formula is C16H19FN2O2. The Labute approximate surface area is 123 Å². The van der Waals surface area contributed by atoms with E-state index >= 15 is 0 Å². The number of hydrogen-bond acceptors (Lipinski definition) is 4. The van der Waals surface area contributed by atoms with Crippen molar-refractivity contribution in [1.29, 1.82) is 0 Å². The topological polar surface area (TPSA) is 59.2 Å². The lowest BCUT2D eigenvalue weighted by molar-refractivity contribution is 0.119. The molecule has 0 bridgehead atoms. The van der Waals surface area contributed by atoms with Crippen molar-refractivity contribution >= 4 is 0 Å². The molecule has 1 N–H and O–H groups in total. The zero-order valence-corrected chi connectivity index (χ0v) is 12.1. The number of halogens is 1. The molecule has 21 heavy (non-hydrogen) atoms. The monoisotopic (exact) mass is 290 g/mol. The van der Waals surface area contributed by atoms with Crippen LogP contribution in [0.15, 0.2) is 22.7 Å². The van der Waals surface area contributed by atoms with E-state index in [4.69, 9.17) is 4.52 Å². The quantitative estimate of drug-likeness (QED) is 0.859. The van der Waals surface area contributed by atoms with Crippen LogP contribution < -0.4 is 0 Å². The maximum Gasteiger partial charge on any atom is 0.232 e. The summed E-state index contributed by atoms with van der Waals surface area (Å²) < 4.78 is 18.6. The highest BCUT2D eigenvalue weighted by molar-refractivity contribution is 5.55. The fraction of sp³-hybridized carbons (Fsp3) is 0.500. The Hall–Kier alpha value is -1.75. The summed E-state index contributed by atoms with van der Waals surface area (Å²) in [5, 5.41) is 14.2. The lowest BCUT2D eigenvalue weighted by atomic mass is 9.97. The number of aryl methyl sites for hydroxylation is 1. The third kappa shape index (κ3) is 2.97. The summed E-state index contributed by atoms with van der Waals surface area (Å²) in [5.41, 5.74) is 1.28. The van der Waals surface area contributed by atoms with E-state index in [1.165, 1.54) is 6.07 Å². The zero-order chi connectivity index (χ0) is 14.8. The van der Waals surface area contributed by atoms with Gasteiger partial charge >= 0.3 is 0 Å². The molecule has 0 saturated heterocycles. The molecule has 0 amide bonds. The zero-order valence-electron chi connectivity index (χ0n) is 12.1. The molecule has 1 aliphatic carbocycles. The van der Waals surface area contributed by atoms with Crippen molar-refractivity contribution in [1.82, 2.24) is 10.1 Å². The summed E-state index contributed by atoms with van der Waals surface area (Å²) in [6, 6.07) is 4.75. The van der Waals surface area contributed by atoms with Crippen LogP contribution in [0.25, 0.3) is 11.4 Å². The molecule has 1 aromatic carbocycles. The van der Waals surface area contributed by atoms with Gasteiger partial charge in [-0.2, -0.15) is 4.98 Å². The minimum atomic E-state index is -0.421. The molecule has 112 valence electrons. The number of hydrogen-bond donors (Lipinski definition) is 1. The normalized spacial score (nSPS) is 23.0. The maximum absolute atomic E-state index is 13.3. The standard InChI is InChI=1S/C16H19FN2O2/c1-10-9-11(7-8-13(10)17)15-18-16(21-19-15)12-5-3-2-4-6-14(12)20/h7-9,12,14,20H,2-6H2,1H3. The number of aliphatic hydroxyl groups excluding tert-OH is 1. The largest absolute Gasteiger partial charge is 0.392 e. The van der Waals surface area contributed by atoms with Gasteiger partial charge in [0.15, 0.2) is 0 Å². The van der Waals surface area contributed by atoms with Crippen LogP contribution in [0.4, 0.5) is 4.39 Å². The molecule has 2 aromatic rings. The first-order valence-electron chi connectivity index (χ1n) is 7.43. The second-order valence-corrected chi connectivity index (χ2v) is 5.73. The van der Waals surface area contributed by atoms with Crippen LogP contribution in [-0.4, -0.2) is 21.4 Å². The fourth-order valence-corrected chi connectivity index (χ4v) is 2.86. The van der Waals surface area contributed by atoms with E-state index in [-0.39, 0.29) is 11.7 Å². The van der Waals surface area contributed by atoms with Gasteiger partial charge in [-0.3, -0.25) is 0 Å². The Bertz CT molecular complexity index is 626. The molecular weight excluding hydrogens is 271 g/mol. The Morgan fingerprint density at radius 3 is 2.86 bits per heavy atom. The molecule has 0 spiro atoms. The van der Waals surface area contributed by atoms with Crippen molar-refractivity contribution < 1.29 is 14.0 Å². The van der Waals surface area contributed by atoms with E-state index in [0.717, 1.165) is 37.7 Å². The molecule has 2 unspecified atom stereocenters. The van der Waals surface area contributed by atoms with Gasteiger partial charge in [0.1, 0.15) is 5.82 Å². The van der Waals surface area contributed by atoms with Crippen molar-refractivity contribution in [2.45, 2.75) is 51.0 Å². The average Bonchev–Trinajstić information content (AvgIpc) is 2.85. The third-order valence-electron chi connectivity index (χ3n) is 4.15. The predicted molar refractivity (Wildman–Crippen MR) is 76.3 cm³/mol. The van der Waals surface area contributed by atoms with Gasteiger partial charge in [0.25, 0.3) is 0 Å². The van der Waals surface area contributed by atoms with Gasteiger partial charge in [0, 0.05) is 5.56 Å². The van der Waals surface area contributed by atoms with Crippen LogP contribution in [0.5, 0.6) is 0 Å². The van der Waals surface area contributed by atoms with E-state index in [1.807, 2.05) is 0 Å². The Morgan fingerprint density at radius 2 is 2.05 bits per heavy atom. The molecule has 0 aliphatic heterocycles. The average molecular weight is 290 g/mol. The summed E-state index contributed by atoms with van der Waals surface area (Å²) in [6.07, 6.45) is 4.45. The van der Waals surface area contributed by atoms with E-state index < -0.39 is 6.10 Å². The molecule has 1 heterocycles. The maximum atomic E-state index is 13.3. The Balaban J connectivity index is 1.86. The molecule has 1 aliphatic rings. The van der Waals surface area contributed by atoms with E-state index in [0.29, 0.717) is 17.3 Å². The summed E-state index contributed by atoms with van der Waals surface area (Å²) in [7, 11) is 0. The van der Waals surface area contributed by atoms with Crippen molar-refractivity contribution in [2.24, 2.45) is 0 Å². The van der Waals surface area contributed by atoms with Crippen LogP contribution in [-0.2, 0) is 0 Å². The van der Waals surface area contributed by atoms with Crippen molar-refractivity contribution in [3.05, 3.63) is 35.5 Å². The summed E-state index contributed by atoms with van der Waals surface area (Å²) in [5.74, 6) is 0.600. The van der Waals surface area contributed by atoms with Gasteiger partial charge in [0.05, 0.1) is 12.0 Å². The minimum Gasteiger partial charge on any atom is -0.392 e. The van der Waals surface area contributed by atoms with E-state index in [1.54, 1.807) is 19.1 Å². The Kier molecular flexibility index (Phi) is 4.01. The van der Waals surface area contributed by atoms with Crippen molar-refractivity contribution in [2.75, 3.05) is 0 Å². The van der Waals surface area contributed by atoms with Crippen LogP contribution >= 0.6 is 0 Å². The van der Waals surface area contributed by atoms with Crippen LogP contribution in [0.2, 0.25) is 0 Å². The second-order valence-electron chi connectivity index (χ2n) is 5.73. The molecule has 1 saturated carbocycles. The van der Waals surface area contributed by atoms with Crippen molar-refractivity contribution in [3.63, 3.8) is 0 Å². The first kappa shape index (κ1) is 14.2. The summed E-state index contributed by atoms with van der Waals surface area (Å²) in [6.45, 7) is 1.70. The van der Waals surface area contributed by atoms with Gasteiger partial charge in [0.2, 0.25) is 11.7 Å². The van der Waals surface area contributed by atoms with Gasteiger partial charge in [-0.1, -0.05) is 24.4 Å². The van der Waals surface area contributed by atoms with Crippen molar-refractivity contribution in [3.8, 4) is 11.4 Å². The molecule has 2 atom stereocenters. The SMILES string of the molecule is Cc1cc(-c2noc(C3CCCCCC3O)n2)ccc1F. The number of rotatable bonds is 2. The highest BCUT2D eigenvalue weighted by Crippen LogP contribution is 2.32. The predicted octanol–water partition coefficient (Wildman–Crippen LogP) is 3.59. The number of nitrogens with zero attached hydrogens (tertiary/aromatic N) is 2. The summed E-state index contributed by atoms with van der Waals surface area (Å²) >= 11 is 0. The first-order chi connectivity index (χ1) is 10.1. The smallest absolute Gasteiger partial charge is 0.232 e. The molecule has 3 rings (SSSR count). The highest BCUT2D eigenvalue weighted by atomic mass is 19.1. The fourth-order valence-electron chi connectivity index (χ4n) is 2.86. The number of benzene rings is 1. The third-order valence-corrected chi connectivity index (χ3v) is 4.15. The first-order valence-corrected chi connectivity index (χ1v) is 7.43. The molecule has 1 fully saturated rings. The molecule has 5 heteroatoms. The van der Waals surface area contributed by atoms with Gasteiger partial charge in [-0.25, -0.2) is 4.39 Å². The minimum absolute atomic E-state index is 0.0877. The van der Waals surface area contributed by atoms with Crippen LogP contribution in [0.1, 0.15) is 49.5 Å². The lowest BCUT2D eigenvalue weighted by Crippen LogP contribution is -2.17. The lowest BCUT2D eigenvalue weighted by Gasteiger charge is -2.15. The van der Waals surface area contributed by atoms with Gasteiger partial charge in [-0.15, -0.1) is 0 Å². The van der Waals surface area contributed by atoms with Gasteiger partial charge in [-0.05, 0) is 43.5 Å². The van der Waals surface area contributed by atoms with Crippen LogP contribution in [0.3, 0.4) is 0 Å². The second kappa shape index (κ2) is 5.93. The van der Waals surface area contributed by atoms with Crippen LogP contribution in [0, 0.1) is 12.7 Å². The molecule has 1 aromatic heterocycles. The highest BCUT2D eigenvalue weighted by Gasteiger charge is 2.28. The summed E-state index contributed by atoms with van der Waals surface area (Å²) in [4.78, 5) is 4.41. The Morgan fingerprint density at radius 1 is 1.24 bits per heavy atom.